The molecule has 0 amide bonds. The van der Waals surface area contributed by atoms with E-state index in [1.807, 2.05) is 43.1 Å². The molecule has 0 aliphatic carbocycles. The van der Waals surface area contributed by atoms with Crippen LogP contribution >= 0.6 is 0 Å². The van der Waals surface area contributed by atoms with Gasteiger partial charge in [0.1, 0.15) is 23.4 Å². The van der Waals surface area contributed by atoms with Gasteiger partial charge in [-0.2, -0.15) is 0 Å². The van der Waals surface area contributed by atoms with E-state index < -0.39 is 0 Å². The first-order chi connectivity index (χ1) is 9.24. The van der Waals surface area contributed by atoms with Crippen molar-refractivity contribution in [3.05, 3.63) is 41.9 Å². The highest BCUT2D eigenvalue weighted by Gasteiger charge is 2.32. The van der Waals surface area contributed by atoms with E-state index >= 15 is 0 Å². The van der Waals surface area contributed by atoms with Crippen molar-refractivity contribution in [2.45, 2.75) is 32.0 Å². The largest absolute Gasteiger partial charge is 0.465 e. The van der Waals surface area contributed by atoms with Crippen LogP contribution in [0.2, 0.25) is 0 Å². The Morgan fingerprint density at radius 2 is 2.37 bits per heavy atom. The number of ether oxygens (including phenoxy) is 1. The molecule has 0 spiro atoms. The SMILES string of the molecule is Cc1ccc(CN[C@H]2CCO[C@@H]2c2nccn2C)o1. The van der Waals surface area contributed by atoms with Gasteiger partial charge in [0.05, 0.1) is 6.54 Å². The third-order valence-electron chi connectivity index (χ3n) is 3.54. The van der Waals surface area contributed by atoms with Crippen LogP contribution in [-0.4, -0.2) is 22.2 Å². The van der Waals surface area contributed by atoms with Gasteiger partial charge in [-0.05, 0) is 25.5 Å². The number of hydrogen-bond donors (Lipinski definition) is 1. The molecule has 0 aromatic carbocycles. The summed E-state index contributed by atoms with van der Waals surface area (Å²) in [6.07, 6.45) is 4.78. The minimum Gasteiger partial charge on any atom is -0.465 e. The van der Waals surface area contributed by atoms with Crippen LogP contribution in [0.1, 0.15) is 29.9 Å². The highest BCUT2D eigenvalue weighted by molar-refractivity contribution is 5.07. The van der Waals surface area contributed by atoms with Crippen molar-refractivity contribution in [3.8, 4) is 0 Å². The second kappa shape index (κ2) is 5.19. The molecule has 2 aromatic rings. The lowest BCUT2D eigenvalue weighted by Gasteiger charge is -2.19. The van der Waals surface area contributed by atoms with Crippen LogP contribution in [0.15, 0.2) is 28.9 Å². The Morgan fingerprint density at radius 1 is 1.47 bits per heavy atom. The molecule has 3 heterocycles. The van der Waals surface area contributed by atoms with Crippen LogP contribution in [0.25, 0.3) is 0 Å². The molecule has 19 heavy (non-hydrogen) atoms. The molecule has 0 radical (unpaired) electrons. The highest BCUT2D eigenvalue weighted by atomic mass is 16.5. The van der Waals surface area contributed by atoms with Crippen LogP contribution < -0.4 is 5.32 Å². The summed E-state index contributed by atoms with van der Waals surface area (Å²) in [5, 5.41) is 3.50. The number of imidazole rings is 1. The van der Waals surface area contributed by atoms with Crippen molar-refractivity contribution in [1.29, 1.82) is 0 Å². The molecule has 1 saturated heterocycles. The average Bonchev–Trinajstić information content (AvgIpc) is 3.07. The Hall–Kier alpha value is -1.59. The van der Waals surface area contributed by atoms with Gasteiger partial charge in [0, 0.05) is 32.1 Å². The summed E-state index contributed by atoms with van der Waals surface area (Å²) in [6.45, 7) is 3.45. The summed E-state index contributed by atoms with van der Waals surface area (Å²) in [5.41, 5.74) is 0. The summed E-state index contributed by atoms with van der Waals surface area (Å²) in [7, 11) is 2.00. The first-order valence-electron chi connectivity index (χ1n) is 6.61. The van der Waals surface area contributed by atoms with Crippen LogP contribution in [-0.2, 0) is 18.3 Å². The van der Waals surface area contributed by atoms with E-state index in [-0.39, 0.29) is 12.1 Å². The van der Waals surface area contributed by atoms with Crippen molar-refractivity contribution in [1.82, 2.24) is 14.9 Å². The molecular formula is C14H19N3O2. The van der Waals surface area contributed by atoms with E-state index in [1.165, 1.54) is 0 Å². The predicted octanol–water partition coefficient (Wildman–Crippen LogP) is 1.94. The lowest BCUT2D eigenvalue weighted by molar-refractivity contribution is 0.0889. The minimum absolute atomic E-state index is 0.0241. The van der Waals surface area contributed by atoms with Gasteiger partial charge in [-0.3, -0.25) is 0 Å². The number of hydrogen-bond acceptors (Lipinski definition) is 4. The molecule has 1 aliphatic heterocycles. The van der Waals surface area contributed by atoms with Crippen molar-refractivity contribution < 1.29 is 9.15 Å². The Morgan fingerprint density at radius 3 is 3.05 bits per heavy atom. The number of nitrogens with zero attached hydrogens (tertiary/aromatic N) is 2. The highest BCUT2D eigenvalue weighted by Crippen LogP contribution is 2.28. The number of furan rings is 1. The molecule has 102 valence electrons. The zero-order valence-electron chi connectivity index (χ0n) is 11.3. The van der Waals surface area contributed by atoms with Gasteiger partial charge in [-0.1, -0.05) is 0 Å². The predicted molar refractivity (Wildman–Crippen MR) is 70.6 cm³/mol. The van der Waals surface area contributed by atoms with Crippen molar-refractivity contribution >= 4 is 0 Å². The number of nitrogens with one attached hydrogen (secondary N) is 1. The van der Waals surface area contributed by atoms with Gasteiger partial charge >= 0.3 is 0 Å². The second-order valence-corrected chi connectivity index (χ2v) is 4.98. The zero-order chi connectivity index (χ0) is 13.2. The normalized spacial score (nSPS) is 23.1. The topological polar surface area (TPSA) is 52.2 Å². The second-order valence-electron chi connectivity index (χ2n) is 4.98. The molecule has 2 aromatic heterocycles. The summed E-state index contributed by atoms with van der Waals surface area (Å²) in [4.78, 5) is 4.38. The fourth-order valence-electron chi connectivity index (χ4n) is 2.52. The van der Waals surface area contributed by atoms with E-state index in [1.54, 1.807) is 0 Å². The number of aryl methyl sites for hydroxylation is 2. The maximum Gasteiger partial charge on any atom is 0.139 e. The van der Waals surface area contributed by atoms with E-state index in [9.17, 15) is 0 Å². The molecule has 1 aliphatic rings. The van der Waals surface area contributed by atoms with Gasteiger partial charge in [-0.15, -0.1) is 0 Å². The van der Waals surface area contributed by atoms with Crippen LogP contribution in [0.4, 0.5) is 0 Å². The van der Waals surface area contributed by atoms with Crippen molar-refractivity contribution in [2.75, 3.05) is 6.61 Å². The smallest absolute Gasteiger partial charge is 0.139 e. The first kappa shape index (κ1) is 12.4. The fourth-order valence-corrected chi connectivity index (χ4v) is 2.52. The van der Waals surface area contributed by atoms with Gasteiger partial charge in [0.25, 0.3) is 0 Å². The Kier molecular flexibility index (Phi) is 3.40. The van der Waals surface area contributed by atoms with Gasteiger partial charge in [0.15, 0.2) is 0 Å². The van der Waals surface area contributed by atoms with E-state index in [0.29, 0.717) is 0 Å². The molecule has 5 nitrogen and oxygen atoms in total. The van der Waals surface area contributed by atoms with E-state index in [2.05, 4.69) is 10.3 Å². The monoisotopic (exact) mass is 261 g/mol. The lowest BCUT2D eigenvalue weighted by atomic mass is 10.1. The standard InChI is InChI=1S/C14H19N3O2/c1-10-3-4-11(19-10)9-16-12-5-8-18-13(12)14-15-6-7-17(14)2/h3-4,6-7,12-13,16H,5,8-9H2,1-2H3/t12-,13-/m0/s1. The maximum atomic E-state index is 5.81. The summed E-state index contributed by atoms with van der Waals surface area (Å²) in [6, 6.07) is 4.28. The fraction of sp³-hybridized carbons (Fsp3) is 0.500. The van der Waals surface area contributed by atoms with E-state index in [0.717, 1.165) is 36.9 Å². The molecule has 5 heteroatoms. The third kappa shape index (κ3) is 2.57. The molecule has 1 N–H and O–H groups in total. The minimum atomic E-state index is 0.0241. The zero-order valence-corrected chi connectivity index (χ0v) is 11.3. The molecule has 0 saturated carbocycles. The maximum absolute atomic E-state index is 5.81. The molecule has 2 atom stereocenters. The van der Waals surface area contributed by atoms with Crippen LogP contribution in [0, 0.1) is 6.92 Å². The molecule has 3 rings (SSSR count). The van der Waals surface area contributed by atoms with E-state index in [4.69, 9.17) is 9.15 Å². The van der Waals surface area contributed by atoms with Crippen LogP contribution in [0.5, 0.6) is 0 Å². The summed E-state index contributed by atoms with van der Waals surface area (Å²) in [5.74, 6) is 2.88. The van der Waals surface area contributed by atoms with Gasteiger partial charge < -0.3 is 19.0 Å². The summed E-state index contributed by atoms with van der Waals surface area (Å²) >= 11 is 0. The van der Waals surface area contributed by atoms with Crippen molar-refractivity contribution in [2.24, 2.45) is 7.05 Å². The molecule has 1 fully saturated rings. The quantitative estimate of drug-likeness (QED) is 0.914. The Balaban J connectivity index is 1.65. The molecule has 0 bridgehead atoms. The number of rotatable bonds is 4. The first-order valence-corrected chi connectivity index (χ1v) is 6.61. The van der Waals surface area contributed by atoms with Crippen LogP contribution in [0.3, 0.4) is 0 Å². The van der Waals surface area contributed by atoms with Gasteiger partial charge in [0.2, 0.25) is 0 Å². The van der Waals surface area contributed by atoms with Crippen molar-refractivity contribution in [3.63, 3.8) is 0 Å². The Labute approximate surface area is 112 Å². The third-order valence-corrected chi connectivity index (χ3v) is 3.54. The average molecular weight is 261 g/mol. The van der Waals surface area contributed by atoms with Gasteiger partial charge in [-0.25, -0.2) is 4.98 Å². The lowest BCUT2D eigenvalue weighted by Crippen LogP contribution is -2.32. The molecule has 0 unspecified atom stereocenters. The molecular weight excluding hydrogens is 242 g/mol. The summed E-state index contributed by atoms with van der Waals surface area (Å²) < 4.78 is 13.4. The number of aromatic nitrogens is 2. The Bertz CT molecular complexity index is 546.